The number of benzene rings is 1. The Bertz CT molecular complexity index is 676. The summed E-state index contributed by atoms with van der Waals surface area (Å²) in [6.45, 7) is 0.881. The van der Waals surface area contributed by atoms with Crippen molar-refractivity contribution in [2.45, 2.75) is 19.7 Å². The lowest BCUT2D eigenvalue weighted by Gasteiger charge is -2.04. The van der Waals surface area contributed by atoms with Crippen LogP contribution in [0, 0.1) is 0 Å². The van der Waals surface area contributed by atoms with E-state index in [1.54, 1.807) is 15.6 Å². The van der Waals surface area contributed by atoms with Gasteiger partial charge in [-0.3, -0.25) is 0 Å². The van der Waals surface area contributed by atoms with E-state index in [2.05, 4.69) is 25.8 Å². The van der Waals surface area contributed by atoms with E-state index in [-0.39, 0.29) is 6.61 Å². The fourth-order valence-electron chi connectivity index (χ4n) is 1.85. The SMILES string of the molecule is OCc1cn(Cc2nnnn2Cc2ccccc2)nn1. The average Bonchev–Trinajstić information content (AvgIpc) is 3.10. The molecule has 1 N–H and O–H groups in total. The van der Waals surface area contributed by atoms with Crippen molar-refractivity contribution in [3.63, 3.8) is 0 Å². The second-order valence-electron chi connectivity index (χ2n) is 4.30. The van der Waals surface area contributed by atoms with E-state index in [0.717, 1.165) is 5.56 Å². The summed E-state index contributed by atoms with van der Waals surface area (Å²) >= 11 is 0. The lowest BCUT2D eigenvalue weighted by atomic mass is 10.2. The first-order valence-corrected chi connectivity index (χ1v) is 6.14. The van der Waals surface area contributed by atoms with Crippen molar-refractivity contribution >= 4 is 0 Å². The molecule has 0 aliphatic heterocycles. The van der Waals surface area contributed by atoms with Crippen LogP contribution >= 0.6 is 0 Å². The Labute approximate surface area is 114 Å². The highest BCUT2D eigenvalue weighted by atomic mass is 16.3. The minimum Gasteiger partial charge on any atom is -0.390 e. The van der Waals surface area contributed by atoms with Gasteiger partial charge in [0.25, 0.3) is 0 Å². The van der Waals surface area contributed by atoms with Gasteiger partial charge < -0.3 is 5.11 Å². The Morgan fingerprint density at radius 3 is 2.60 bits per heavy atom. The van der Waals surface area contributed by atoms with E-state index in [1.165, 1.54) is 0 Å². The van der Waals surface area contributed by atoms with E-state index in [9.17, 15) is 0 Å². The highest BCUT2D eigenvalue weighted by Gasteiger charge is 2.09. The molecular formula is C12H13N7O. The average molecular weight is 271 g/mol. The molecule has 2 aromatic heterocycles. The van der Waals surface area contributed by atoms with Gasteiger partial charge in [-0.2, -0.15) is 0 Å². The minimum absolute atomic E-state index is 0.130. The standard InChI is InChI=1S/C12H13N7O/c20-9-11-7-18(16-13-11)8-12-14-15-17-19(12)6-10-4-2-1-3-5-10/h1-5,7,20H,6,8-9H2. The topological polar surface area (TPSA) is 94.5 Å². The highest BCUT2D eigenvalue weighted by Crippen LogP contribution is 2.04. The third-order valence-corrected chi connectivity index (χ3v) is 2.83. The molecule has 1 aromatic carbocycles. The van der Waals surface area contributed by atoms with Gasteiger partial charge >= 0.3 is 0 Å². The summed E-state index contributed by atoms with van der Waals surface area (Å²) in [5.74, 6) is 0.684. The molecule has 8 nitrogen and oxygen atoms in total. The number of aliphatic hydroxyl groups is 1. The van der Waals surface area contributed by atoms with Crippen LogP contribution < -0.4 is 0 Å². The fraction of sp³-hybridized carbons (Fsp3) is 0.250. The molecule has 8 heteroatoms. The summed E-state index contributed by atoms with van der Waals surface area (Å²) in [6, 6.07) is 9.96. The molecule has 2 heterocycles. The summed E-state index contributed by atoms with van der Waals surface area (Å²) in [4.78, 5) is 0. The first-order chi connectivity index (χ1) is 9.85. The summed E-state index contributed by atoms with van der Waals surface area (Å²) in [5, 5.41) is 28.4. The highest BCUT2D eigenvalue weighted by molar-refractivity contribution is 5.14. The molecule has 0 amide bonds. The van der Waals surface area contributed by atoms with E-state index >= 15 is 0 Å². The van der Waals surface area contributed by atoms with Gasteiger partial charge in [0.15, 0.2) is 5.82 Å². The Morgan fingerprint density at radius 2 is 1.85 bits per heavy atom. The van der Waals surface area contributed by atoms with Crippen LogP contribution in [0.4, 0.5) is 0 Å². The maximum atomic E-state index is 8.97. The van der Waals surface area contributed by atoms with Gasteiger partial charge in [-0.25, -0.2) is 9.36 Å². The molecule has 0 atom stereocenters. The molecule has 0 aliphatic rings. The van der Waals surface area contributed by atoms with Crippen molar-refractivity contribution in [1.29, 1.82) is 0 Å². The number of aliphatic hydroxyl groups excluding tert-OH is 1. The molecule has 0 spiro atoms. The van der Waals surface area contributed by atoms with E-state index < -0.39 is 0 Å². The number of tetrazole rings is 1. The van der Waals surface area contributed by atoms with Gasteiger partial charge in [-0.15, -0.1) is 10.2 Å². The Hall–Kier alpha value is -2.61. The van der Waals surface area contributed by atoms with Gasteiger partial charge in [-0.05, 0) is 16.0 Å². The van der Waals surface area contributed by atoms with Crippen molar-refractivity contribution in [1.82, 2.24) is 35.2 Å². The zero-order valence-electron chi connectivity index (χ0n) is 10.7. The Kier molecular flexibility index (Phi) is 3.46. The van der Waals surface area contributed by atoms with Crippen LogP contribution in [0.2, 0.25) is 0 Å². The minimum atomic E-state index is -0.130. The van der Waals surface area contributed by atoms with Crippen LogP contribution in [-0.2, 0) is 19.7 Å². The smallest absolute Gasteiger partial charge is 0.173 e. The molecule has 20 heavy (non-hydrogen) atoms. The predicted molar refractivity (Wildman–Crippen MR) is 68.4 cm³/mol. The number of hydrogen-bond acceptors (Lipinski definition) is 6. The normalized spacial score (nSPS) is 10.8. The maximum absolute atomic E-state index is 8.97. The molecule has 0 saturated carbocycles. The molecule has 0 aliphatic carbocycles. The largest absolute Gasteiger partial charge is 0.390 e. The summed E-state index contributed by atoms with van der Waals surface area (Å²) in [6.07, 6.45) is 1.67. The van der Waals surface area contributed by atoms with Crippen LogP contribution in [0.1, 0.15) is 17.1 Å². The third-order valence-electron chi connectivity index (χ3n) is 2.83. The van der Waals surface area contributed by atoms with Crippen LogP contribution in [0.5, 0.6) is 0 Å². The predicted octanol–water partition coefficient (Wildman–Crippen LogP) is -0.147. The van der Waals surface area contributed by atoms with Crippen molar-refractivity contribution < 1.29 is 5.11 Å². The van der Waals surface area contributed by atoms with Crippen LogP contribution in [0.15, 0.2) is 36.5 Å². The second kappa shape index (κ2) is 5.57. The van der Waals surface area contributed by atoms with Crippen LogP contribution in [0.25, 0.3) is 0 Å². The number of aromatic nitrogens is 7. The van der Waals surface area contributed by atoms with Crippen molar-refractivity contribution in [2.24, 2.45) is 0 Å². The summed E-state index contributed by atoms with van der Waals surface area (Å²) in [7, 11) is 0. The van der Waals surface area contributed by atoms with Crippen molar-refractivity contribution in [2.75, 3.05) is 0 Å². The van der Waals surface area contributed by atoms with Crippen LogP contribution in [-0.4, -0.2) is 40.3 Å². The summed E-state index contributed by atoms with van der Waals surface area (Å²) in [5.41, 5.74) is 1.64. The third kappa shape index (κ3) is 2.69. The van der Waals surface area contributed by atoms with Gasteiger partial charge in [0.2, 0.25) is 0 Å². The molecule has 0 saturated heterocycles. The van der Waals surface area contributed by atoms with E-state index in [1.807, 2.05) is 30.3 Å². The Balaban J connectivity index is 1.76. The van der Waals surface area contributed by atoms with Crippen LogP contribution in [0.3, 0.4) is 0 Å². The molecule has 0 radical (unpaired) electrons. The van der Waals surface area contributed by atoms with Crippen molar-refractivity contribution in [3.05, 3.63) is 53.6 Å². The van der Waals surface area contributed by atoms with Gasteiger partial charge in [0.1, 0.15) is 12.2 Å². The monoisotopic (exact) mass is 271 g/mol. The first kappa shape index (κ1) is 12.4. The van der Waals surface area contributed by atoms with E-state index in [0.29, 0.717) is 24.6 Å². The Morgan fingerprint density at radius 1 is 1.00 bits per heavy atom. The molecule has 0 bridgehead atoms. The van der Waals surface area contributed by atoms with E-state index in [4.69, 9.17) is 5.11 Å². The maximum Gasteiger partial charge on any atom is 0.173 e. The number of rotatable bonds is 5. The van der Waals surface area contributed by atoms with Gasteiger partial charge in [0.05, 0.1) is 19.3 Å². The fourth-order valence-corrected chi connectivity index (χ4v) is 1.85. The molecular weight excluding hydrogens is 258 g/mol. The zero-order chi connectivity index (χ0) is 13.8. The molecule has 0 unspecified atom stereocenters. The molecule has 3 rings (SSSR count). The lowest BCUT2D eigenvalue weighted by molar-refractivity contribution is 0.276. The summed E-state index contributed by atoms with van der Waals surface area (Å²) < 4.78 is 3.31. The molecule has 102 valence electrons. The van der Waals surface area contributed by atoms with Gasteiger partial charge in [-0.1, -0.05) is 35.5 Å². The zero-order valence-corrected chi connectivity index (χ0v) is 10.7. The van der Waals surface area contributed by atoms with Gasteiger partial charge in [0, 0.05) is 0 Å². The quantitative estimate of drug-likeness (QED) is 0.693. The second-order valence-corrected chi connectivity index (χ2v) is 4.30. The lowest BCUT2D eigenvalue weighted by Crippen LogP contribution is -2.11. The van der Waals surface area contributed by atoms with Crippen molar-refractivity contribution in [3.8, 4) is 0 Å². The number of nitrogens with zero attached hydrogens (tertiary/aromatic N) is 7. The molecule has 0 fully saturated rings. The molecule has 3 aromatic rings. The number of hydrogen-bond donors (Lipinski definition) is 1. The first-order valence-electron chi connectivity index (χ1n) is 6.14.